The SMILES string of the molecule is CC/C=C\C/C=C\C/C=C\C/C=C\C/C=C\C/C=C\C/C=C\C/C=C\C/C=C\C/C=C\CCCCCCCCCCC(=O)OC(COC(=O)CCCCCCCCCCCCCCCCCCCCCCCCCCCCCCCCC)COP(=O)(O)OCCN. The predicted octanol–water partition coefficient (Wildman–Crippen LogP) is 25.4. The molecule has 0 rings (SSSR count). The molecule has 524 valence electrons. The Hall–Kier alpha value is -3.59. The molecule has 0 radical (unpaired) electrons. The van der Waals surface area contributed by atoms with Crippen LogP contribution in [0.1, 0.15) is 348 Å². The molecule has 0 saturated heterocycles. The minimum Gasteiger partial charge on any atom is -0.462 e. The van der Waals surface area contributed by atoms with E-state index < -0.39 is 26.5 Å². The van der Waals surface area contributed by atoms with E-state index in [4.69, 9.17) is 24.3 Å². The summed E-state index contributed by atoms with van der Waals surface area (Å²) in [5, 5.41) is 0. The van der Waals surface area contributed by atoms with Gasteiger partial charge in [-0.1, -0.05) is 367 Å². The second-order valence-corrected chi connectivity index (χ2v) is 26.6. The smallest absolute Gasteiger partial charge is 0.462 e. The first kappa shape index (κ1) is 87.4. The molecule has 0 aromatic rings. The molecular formula is C81H142NO8P. The van der Waals surface area contributed by atoms with E-state index in [1.807, 2.05) is 0 Å². The van der Waals surface area contributed by atoms with Gasteiger partial charge in [-0.3, -0.25) is 18.6 Å². The number of esters is 2. The maximum Gasteiger partial charge on any atom is 0.472 e. The molecule has 10 heteroatoms. The number of carbonyl (C=O) groups is 2. The molecule has 0 aliphatic rings. The van der Waals surface area contributed by atoms with E-state index >= 15 is 0 Å². The number of nitrogens with two attached hydrogens (primary N) is 1. The van der Waals surface area contributed by atoms with Gasteiger partial charge >= 0.3 is 19.8 Å². The first-order valence-corrected chi connectivity index (χ1v) is 39.5. The van der Waals surface area contributed by atoms with E-state index in [9.17, 15) is 19.0 Å². The minimum atomic E-state index is -4.40. The van der Waals surface area contributed by atoms with Crippen LogP contribution < -0.4 is 5.73 Å². The Bertz CT molecular complexity index is 1910. The molecular weight excluding hydrogens is 1150 g/mol. The second kappa shape index (κ2) is 75.4. The molecule has 0 aliphatic carbocycles. The second-order valence-electron chi connectivity index (χ2n) is 25.1. The van der Waals surface area contributed by atoms with Crippen molar-refractivity contribution in [1.29, 1.82) is 0 Å². The number of allylic oxidation sites excluding steroid dienone is 20. The lowest BCUT2D eigenvalue weighted by atomic mass is 10.0. The normalized spacial score (nSPS) is 13.6. The summed E-state index contributed by atoms with van der Waals surface area (Å²) in [4.78, 5) is 35.4. The van der Waals surface area contributed by atoms with Gasteiger partial charge in [0.25, 0.3) is 0 Å². The Morgan fingerprint density at radius 3 is 0.901 bits per heavy atom. The van der Waals surface area contributed by atoms with E-state index in [-0.39, 0.29) is 38.6 Å². The molecule has 0 aliphatic heterocycles. The molecule has 2 unspecified atom stereocenters. The van der Waals surface area contributed by atoms with E-state index in [1.54, 1.807) is 0 Å². The lowest BCUT2D eigenvalue weighted by molar-refractivity contribution is -0.161. The van der Waals surface area contributed by atoms with E-state index in [0.29, 0.717) is 6.42 Å². The summed E-state index contributed by atoms with van der Waals surface area (Å²) in [6.07, 6.45) is 106. The van der Waals surface area contributed by atoms with Gasteiger partial charge in [-0.05, 0) is 89.9 Å². The topological polar surface area (TPSA) is 134 Å². The lowest BCUT2D eigenvalue weighted by Crippen LogP contribution is -2.29. The molecule has 0 saturated carbocycles. The van der Waals surface area contributed by atoms with Gasteiger partial charge in [0.2, 0.25) is 0 Å². The first-order valence-electron chi connectivity index (χ1n) is 38.0. The third-order valence-corrected chi connectivity index (χ3v) is 17.3. The van der Waals surface area contributed by atoms with Gasteiger partial charge in [0.1, 0.15) is 6.61 Å². The minimum absolute atomic E-state index is 0.0483. The van der Waals surface area contributed by atoms with Crippen LogP contribution in [0.15, 0.2) is 122 Å². The highest BCUT2D eigenvalue weighted by molar-refractivity contribution is 7.47. The Morgan fingerprint density at radius 2 is 0.604 bits per heavy atom. The monoisotopic (exact) mass is 1290 g/mol. The number of ether oxygens (including phenoxy) is 2. The van der Waals surface area contributed by atoms with Crippen LogP contribution in [0.3, 0.4) is 0 Å². The predicted molar refractivity (Wildman–Crippen MR) is 394 cm³/mol. The molecule has 0 heterocycles. The van der Waals surface area contributed by atoms with Crippen LogP contribution in [-0.4, -0.2) is 49.3 Å². The summed E-state index contributed by atoms with van der Waals surface area (Å²) in [6.45, 7) is 3.66. The Balaban J connectivity index is 3.90. The van der Waals surface area contributed by atoms with Crippen LogP contribution in [0, 0.1) is 0 Å². The van der Waals surface area contributed by atoms with Crippen molar-refractivity contribution >= 4 is 19.8 Å². The zero-order valence-electron chi connectivity index (χ0n) is 59.1. The molecule has 0 amide bonds. The molecule has 2 atom stereocenters. The molecule has 0 spiro atoms. The molecule has 0 fully saturated rings. The van der Waals surface area contributed by atoms with Gasteiger partial charge in [0.05, 0.1) is 13.2 Å². The third kappa shape index (κ3) is 75.3. The molecule has 9 nitrogen and oxygen atoms in total. The molecule has 3 N–H and O–H groups in total. The van der Waals surface area contributed by atoms with Crippen LogP contribution in [0.25, 0.3) is 0 Å². The summed E-state index contributed by atoms with van der Waals surface area (Å²) in [7, 11) is -4.40. The van der Waals surface area contributed by atoms with Crippen molar-refractivity contribution in [2.75, 3.05) is 26.4 Å². The standard InChI is InChI=1S/C81H142NO8P/c1-3-5-7-9-11-13-15-17-19-21-23-25-27-29-31-33-35-36-37-38-39-40-41-42-44-46-48-50-52-54-56-58-60-62-64-66-68-70-72-74-81(84)90-79(78-89-91(85,86)88-76-75-82)77-87-80(83)73-71-69-67-65-63-61-59-57-55-53-51-49-47-45-43-34-32-30-28-26-24-22-20-18-16-14-12-10-8-6-4-2/h5,7,11,13,17,19,23,25,29,31,35-36,38-39,41-42,46,48,52,54,79H,3-4,6,8-10,12,14-16,18,20-22,24,26-28,30,32-34,37,40,43-45,47,49-51,53,55-78,82H2,1-2H3,(H,85,86)/b7-5-,13-11-,19-17-,25-23-,31-29-,36-35-,39-38-,42-41-,48-46-,54-52-. The van der Waals surface area contributed by atoms with Crippen LogP contribution in [0.4, 0.5) is 0 Å². The Kier molecular flexibility index (Phi) is 72.5. The maximum absolute atomic E-state index is 12.8. The highest BCUT2D eigenvalue weighted by Crippen LogP contribution is 2.43. The fraction of sp³-hybridized carbons (Fsp3) is 0.728. The van der Waals surface area contributed by atoms with Crippen LogP contribution >= 0.6 is 7.82 Å². The van der Waals surface area contributed by atoms with Crippen molar-refractivity contribution in [1.82, 2.24) is 0 Å². The van der Waals surface area contributed by atoms with E-state index in [0.717, 1.165) is 109 Å². The zero-order chi connectivity index (χ0) is 65.8. The number of hydrogen-bond acceptors (Lipinski definition) is 8. The largest absolute Gasteiger partial charge is 0.472 e. The number of phosphoric acid groups is 1. The number of unbranched alkanes of at least 4 members (excludes halogenated alkanes) is 38. The number of hydrogen-bond donors (Lipinski definition) is 2. The summed E-state index contributed by atoms with van der Waals surface area (Å²) in [6, 6.07) is 0. The van der Waals surface area contributed by atoms with Gasteiger partial charge in [0.15, 0.2) is 6.10 Å². The van der Waals surface area contributed by atoms with Gasteiger partial charge < -0.3 is 20.1 Å². The summed E-state index contributed by atoms with van der Waals surface area (Å²) in [5.74, 6) is -0.829. The van der Waals surface area contributed by atoms with Gasteiger partial charge in [-0.15, -0.1) is 0 Å². The van der Waals surface area contributed by atoms with Crippen LogP contribution in [-0.2, 0) is 32.7 Å². The summed E-state index contributed by atoms with van der Waals surface area (Å²) in [5.41, 5.74) is 5.41. The lowest BCUT2D eigenvalue weighted by Gasteiger charge is -2.19. The number of phosphoric ester groups is 1. The first-order chi connectivity index (χ1) is 44.8. The molecule has 0 bridgehead atoms. The summed E-state index contributed by atoms with van der Waals surface area (Å²) >= 11 is 0. The van der Waals surface area contributed by atoms with Crippen molar-refractivity contribution in [3.8, 4) is 0 Å². The fourth-order valence-electron chi connectivity index (χ4n) is 10.8. The average molecular weight is 1290 g/mol. The highest BCUT2D eigenvalue weighted by atomic mass is 31.2. The van der Waals surface area contributed by atoms with E-state index in [2.05, 4.69) is 135 Å². The Labute approximate surface area is 561 Å². The molecule has 0 aromatic heterocycles. The third-order valence-electron chi connectivity index (χ3n) is 16.4. The van der Waals surface area contributed by atoms with Crippen molar-refractivity contribution in [3.05, 3.63) is 122 Å². The van der Waals surface area contributed by atoms with Gasteiger partial charge in [-0.25, -0.2) is 4.57 Å². The number of rotatable bonds is 71. The zero-order valence-corrected chi connectivity index (χ0v) is 59.9. The van der Waals surface area contributed by atoms with Crippen molar-refractivity contribution < 1.29 is 37.6 Å². The summed E-state index contributed by atoms with van der Waals surface area (Å²) < 4.78 is 33.2. The van der Waals surface area contributed by atoms with Crippen LogP contribution in [0.2, 0.25) is 0 Å². The quantitative estimate of drug-likeness (QED) is 0.0264. The van der Waals surface area contributed by atoms with Crippen molar-refractivity contribution in [2.45, 2.75) is 354 Å². The number of carbonyl (C=O) groups excluding carboxylic acids is 2. The van der Waals surface area contributed by atoms with E-state index in [1.165, 1.54) is 205 Å². The van der Waals surface area contributed by atoms with Crippen molar-refractivity contribution in [3.63, 3.8) is 0 Å². The fourth-order valence-corrected chi connectivity index (χ4v) is 11.6. The molecule has 91 heavy (non-hydrogen) atoms. The van der Waals surface area contributed by atoms with Gasteiger partial charge in [-0.2, -0.15) is 0 Å². The highest BCUT2D eigenvalue weighted by Gasteiger charge is 2.26. The van der Waals surface area contributed by atoms with Crippen LogP contribution in [0.5, 0.6) is 0 Å². The van der Waals surface area contributed by atoms with Gasteiger partial charge in [0, 0.05) is 19.4 Å². The maximum atomic E-state index is 12.8. The average Bonchev–Trinajstić information content (AvgIpc) is 3.71. The Morgan fingerprint density at radius 1 is 0.341 bits per heavy atom. The molecule has 0 aromatic carbocycles. The van der Waals surface area contributed by atoms with Crippen molar-refractivity contribution in [2.24, 2.45) is 5.73 Å².